The number of hydrogen-bond donors (Lipinski definition) is 1. The van der Waals surface area contributed by atoms with Gasteiger partial charge in [-0.15, -0.1) is 0 Å². The number of aliphatic hydroxyl groups is 1. The van der Waals surface area contributed by atoms with Gasteiger partial charge < -0.3 is 5.11 Å². The van der Waals surface area contributed by atoms with Gasteiger partial charge in [-0.05, 0) is 6.42 Å². The average Bonchev–Trinajstić information content (AvgIpc) is 1.86. The van der Waals surface area contributed by atoms with E-state index in [1.807, 2.05) is 0 Å². The second kappa shape index (κ2) is 3.21. The molecule has 5 heteroatoms. The van der Waals surface area contributed by atoms with Gasteiger partial charge in [-0.1, -0.05) is 13.3 Å². The Morgan fingerprint density at radius 2 is 1.91 bits per heavy atom. The lowest BCUT2D eigenvalue weighted by Crippen LogP contribution is -2.46. The van der Waals surface area contributed by atoms with E-state index in [2.05, 4.69) is 0 Å². The summed E-state index contributed by atoms with van der Waals surface area (Å²) in [6.45, 7) is 1.46. The van der Waals surface area contributed by atoms with Crippen LogP contribution in [-0.4, -0.2) is 23.2 Å². The third-order valence-electron chi connectivity index (χ3n) is 1.32. The monoisotopic (exact) mass is 170 g/mol. The summed E-state index contributed by atoms with van der Waals surface area (Å²) in [5, 5.41) is 8.66. The molecule has 1 unspecified atom stereocenters. The first-order valence-electron chi connectivity index (χ1n) is 3.13. The van der Waals surface area contributed by atoms with Crippen LogP contribution in [0.3, 0.4) is 0 Å². The maximum Gasteiger partial charge on any atom is 0.424 e. The minimum absolute atomic E-state index is 0.106. The Balaban J connectivity index is 4.46. The van der Waals surface area contributed by atoms with Crippen molar-refractivity contribution in [2.45, 2.75) is 31.5 Å². The fourth-order valence-corrected chi connectivity index (χ4v) is 0.649. The Labute approximate surface area is 62.0 Å². The summed E-state index contributed by atoms with van der Waals surface area (Å²) in [5.41, 5.74) is -3.15. The number of carbonyl (C=O) groups excluding carboxylic acids is 1. The number of rotatable bonds is 3. The van der Waals surface area contributed by atoms with E-state index < -0.39 is 24.5 Å². The van der Waals surface area contributed by atoms with E-state index >= 15 is 0 Å². The van der Waals surface area contributed by atoms with Crippen LogP contribution in [0, 0.1) is 0 Å². The van der Waals surface area contributed by atoms with Gasteiger partial charge in [-0.25, -0.2) is 0 Å². The van der Waals surface area contributed by atoms with Crippen molar-refractivity contribution in [3.8, 4) is 0 Å². The summed E-state index contributed by atoms with van der Waals surface area (Å²) in [7, 11) is 0. The summed E-state index contributed by atoms with van der Waals surface area (Å²) in [4.78, 5) is 9.89. The third kappa shape index (κ3) is 2.18. The van der Waals surface area contributed by atoms with Crippen LogP contribution in [0.5, 0.6) is 0 Å². The largest absolute Gasteiger partial charge is 0.424 e. The van der Waals surface area contributed by atoms with Gasteiger partial charge >= 0.3 is 6.18 Å². The molecule has 0 aromatic carbocycles. The molecule has 0 bridgehead atoms. The SMILES string of the molecule is CCCC(O)(C=O)C(F)(F)F. The summed E-state index contributed by atoms with van der Waals surface area (Å²) in [5.74, 6) is 0. The van der Waals surface area contributed by atoms with Crippen LogP contribution in [0.4, 0.5) is 13.2 Å². The van der Waals surface area contributed by atoms with Gasteiger partial charge in [0.1, 0.15) is 0 Å². The maximum atomic E-state index is 11.8. The first-order valence-corrected chi connectivity index (χ1v) is 3.13. The van der Waals surface area contributed by atoms with Crippen LogP contribution in [-0.2, 0) is 4.79 Å². The molecule has 0 aliphatic carbocycles. The second-order valence-electron chi connectivity index (χ2n) is 2.29. The number of aldehydes is 1. The van der Waals surface area contributed by atoms with Crippen molar-refractivity contribution in [3.05, 3.63) is 0 Å². The molecule has 0 aromatic heterocycles. The van der Waals surface area contributed by atoms with E-state index in [4.69, 9.17) is 5.11 Å². The molecule has 0 fully saturated rings. The van der Waals surface area contributed by atoms with Crippen LogP contribution in [0.1, 0.15) is 19.8 Å². The van der Waals surface area contributed by atoms with Gasteiger partial charge in [0.25, 0.3) is 0 Å². The van der Waals surface area contributed by atoms with Gasteiger partial charge in [0.05, 0.1) is 0 Å². The van der Waals surface area contributed by atoms with Crippen molar-refractivity contribution in [2.24, 2.45) is 0 Å². The van der Waals surface area contributed by atoms with Crippen molar-refractivity contribution >= 4 is 6.29 Å². The fraction of sp³-hybridized carbons (Fsp3) is 0.833. The van der Waals surface area contributed by atoms with Crippen molar-refractivity contribution in [3.63, 3.8) is 0 Å². The standard InChI is InChI=1S/C6H9F3O2/c1-2-3-5(11,4-10)6(7,8)9/h4,11H,2-3H2,1H3. The first kappa shape index (κ1) is 10.4. The van der Waals surface area contributed by atoms with Gasteiger partial charge in [-0.2, -0.15) is 13.2 Å². The predicted octanol–water partition coefficient (Wildman–Crippen LogP) is 1.28. The average molecular weight is 170 g/mol. The molecule has 0 aromatic rings. The Bertz CT molecular complexity index is 143. The third-order valence-corrected chi connectivity index (χ3v) is 1.32. The highest BCUT2D eigenvalue weighted by molar-refractivity contribution is 5.63. The molecule has 0 aliphatic heterocycles. The molecule has 66 valence electrons. The Morgan fingerprint density at radius 1 is 1.45 bits per heavy atom. The van der Waals surface area contributed by atoms with E-state index in [0.29, 0.717) is 0 Å². The zero-order valence-corrected chi connectivity index (χ0v) is 5.98. The molecule has 0 rings (SSSR count). The van der Waals surface area contributed by atoms with Crippen LogP contribution in [0.15, 0.2) is 0 Å². The van der Waals surface area contributed by atoms with Crippen molar-refractivity contribution in [1.82, 2.24) is 0 Å². The highest BCUT2D eigenvalue weighted by Crippen LogP contribution is 2.32. The summed E-state index contributed by atoms with van der Waals surface area (Å²) in [6.07, 6.45) is -5.80. The minimum Gasteiger partial charge on any atom is -0.374 e. The van der Waals surface area contributed by atoms with Crippen molar-refractivity contribution in [1.29, 1.82) is 0 Å². The molecule has 1 atom stereocenters. The highest BCUT2D eigenvalue weighted by atomic mass is 19.4. The maximum absolute atomic E-state index is 11.8. The summed E-state index contributed by atoms with van der Waals surface area (Å²) >= 11 is 0. The molecular weight excluding hydrogens is 161 g/mol. The second-order valence-corrected chi connectivity index (χ2v) is 2.29. The minimum atomic E-state index is -4.86. The number of hydrogen-bond acceptors (Lipinski definition) is 2. The topological polar surface area (TPSA) is 37.3 Å². The number of carbonyl (C=O) groups is 1. The molecule has 0 radical (unpaired) electrons. The zero-order chi connectivity index (χ0) is 9.12. The van der Waals surface area contributed by atoms with Gasteiger partial charge in [0.2, 0.25) is 5.60 Å². The summed E-state index contributed by atoms with van der Waals surface area (Å²) < 4.78 is 35.4. The van der Waals surface area contributed by atoms with E-state index in [0.717, 1.165) is 0 Å². The van der Waals surface area contributed by atoms with Crippen LogP contribution in [0.2, 0.25) is 0 Å². The number of alkyl halides is 3. The lowest BCUT2D eigenvalue weighted by molar-refractivity contribution is -0.246. The number of halogens is 3. The first-order chi connectivity index (χ1) is 4.87. The fourth-order valence-electron chi connectivity index (χ4n) is 0.649. The molecule has 0 saturated heterocycles. The van der Waals surface area contributed by atoms with Crippen LogP contribution in [0.25, 0.3) is 0 Å². The molecule has 0 amide bonds. The van der Waals surface area contributed by atoms with Crippen LogP contribution < -0.4 is 0 Å². The Hall–Kier alpha value is -0.580. The van der Waals surface area contributed by atoms with Crippen molar-refractivity contribution < 1.29 is 23.1 Å². The highest BCUT2D eigenvalue weighted by Gasteiger charge is 2.53. The van der Waals surface area contributed by atoms with Gasteiger partial charge in [0, 0.05) is 0 Å². The normalized spacial score (nSPS) is 17.5. The molecule has 2 nitrogen and oxygen atoms in total. The summed E-state index contributed by atoms with van der Waals surface area (Å²) in [6, 6.07) is 0. The van der Waals surface area contributed by atoms with Crippen molar-refractivity contribution in [2.75, 3.05) is 0 Å². The lowest BCUT2D eigenvalue weighted by atomic mass is 10.00. The molecule has 1 N–H and O–H groups in total. The van der Waals surface area contributed by atoms with Gasteiger partial charge in [0.15, 0.2) is 6.29 Å². The molecule has 0 spiro atoms. The Kier molecular flexibility index (Phi) is 3.04. The molecule has 0 saturated carbocycles. The van der Waals surface area contributed by atoms with E-state index in [9.17, 15) is 18.0 Å². The van der Waals surface area contributed by atoms with Crippen LogP contribution >= 0.6 is 0 Å². The zero-order valence-electron chi connectivity index (χ0n) is 5.98. The molecular formula is C6H9F3O2. The quantitative estimate of drug-likeness (QED) is 0.648. The van der Waals surface area contributed by atoms with E-state index in [1.165, 1.54) is 6.92 Å². The molecule has 11 heavy (non-hydrogen) atoms. The molecule has 0 aliphatic rings. The molecule has 0 heterocycles. The van der Waals surface area contributed by atoms with E-state index in [-0.39, 0.29) is 6.42 Å². The lowest BCUT2D eigenvalue weighted by Gasteiger charge is -2.23. The smallest absolute Gasteiger partial charge is 0.374 e. The Morgan fingerprint density at radius 3 is 2.00 bits per heavy atom. The van der Waals surface area contributed by atoms with Gasteiger partial charge in [-0.3, -0.25) is 4.79 Å². The van der Waals surface area contributed by atoms with E-state index in [1.54, 1.807) is 0 Å². The predicted molar refractivity (Wildman–Crippen MR) is 32.0 cm³/mol.